The standard InChI is InChI=1S/C14H24N2O3/c1-12(2,3)19-11(17)16-6-4-13(5-7-16)14(15)8-10(14)9-18-13/h10H,4-9,15H2,1-3H3. The molecule has 0 aromatic rings. The summed E-state index contributed by atoms with van der Waals surface area (Å²) >= 11 is 0. The van der Waals surface area contributed by atoms with E-state index in [-0.39, 0.29) is 17.2 Å². The van der Waals surface area contributed by atoms with E-state index < -0.39 is 5.60 Å². The van der Waals surface area contributed by atoms with Crippen LogP contribution in [0.25, 0.3) is 0 Å². The van der Waals surface area contributed by atoms with Gasteiger partial charge in [0.2, 0.25) is 0 Å². The number of carbonyl (C=O) groups is 1. The predicted molar refractivity (Wildman–Crippen MR) is 70.7 cm³/mol. The minimum absolute atomic E-state index is 0.118. The summed E-state index contributed by atoms with van der Waals surface area (Å²) in [6.07, 6.45) is 2.52. The third-order valence-corrected chi connectivity index (χ3v) is 4.78. The molecule has 108 valence electrons. The van der Waals surface area contributed by atoms with E-state index in [1.807, 2.05) is 20.8 Å². The van der Waals surface area contributed by atoms with Crippen LogP contribution in [0.4, 0.5) is 4.79 Å². The smallest absolute Gasteiger partial charge is 0.410 e. The Morgan fingerprint density at radius 3 is 2.42 bits per heavy atom. The van der Waals surface area contributed by atoms with E-state index in [0.29, 0.717) is 19.0 Å². The monoisotopic (exact) mass is 268 g/mol. The van der Waals surface area contributed by atoms with Gasteiger partial charge in [0.05, 0.1) is 17.7 Å². The maximum absolute atomic E-state index is 12.0. The molecular weight excluding hydrogens is 244 g/mol. The molecule has 1 aliphatic carbocycles. The first-order valence-corrected chi connectivity index (χ1v) is 7.17. The summed E-state index contributed by atoms with van der Waals surface area (Å²) in [6.45, 7) is 7.82. The van der Waals surface area contributed by atoms with Crippen LogP contribution in [0.15, 0.2) is 0 Å². The van der Waals surface area contributed by atoms with E-state index >= 15 is 0 Å². The highest BCUT2D eigenvalue weighted by molar-refractivity contribution is 5.68. The summed E-state index contributed by atoms with van der Waals surface area (Å²) in [7, 11) is 0. The average Bonchev–Trinajstić information content (AvgIpc) is 2.91. The summed E-state index contributed by atoms with van der Waals surface area (Å²) in [5.41, 5.74) is 5.69. The molecule has 1 amide bonds. The summed E-state index contributed by atoms with van der Waals surface area (Å²) in [5, 5.41) is 0. The molecule has 0 aromatic carbocycles. The molecule has 2 unspecified atom stereocenters. The van der Waals surface area contributed by atoms with Crippen LogP contribution in [0, 0.1) is 5.92 Å². The van der Waals surface area contributed by atoms with Crippen molar-refractivity contribution >= 4 is 6.09 Å². The highest BCUT2D eigenvalue weighted by Gasteiger charge is 2.70. The number of hydrogen-bond acceptors (Lipinski definition) is 4. The number of nitrogens with zero attached hydrogens (tertiary/aromatic N) is 1. The first kappa shape index (κ1) is 13.2. The van der Waals surface area contributed by atoms with Crippen LogP contribution >= 0.6 is 0 Å². The van der Waals surface area contributed by atoms with Crippen LogP contribution in [0.2, 0.25) is 0 Å². The lowest BCUT2D eigenvalue weighted by molar-refractivity contribution is -0.0749. The van der Waals surface area contributed by atoms with Crippen molar-refractivity contribution in [1.82, 2.24) is 4.90 Å². The van der Waals surface area contributed by atoms with Crippen molar-refractivity contribution < 1.29 is 14.3 Å². The first-order chi connectivity index (χ1) is 8.76. The Labute approximate surface area is 114 Å². The molecule has 0 aromatic heterocycles. The molecule has 5 nitrogen and oxygen atoms in total. The fourth-order valence-electron chi connectivity index (χ4n) is 3.50. The molecule has 3 rings (SSSR count). The number of ether oxygens (including phenoxy) is 2. The van der Waals surface area contributed by atoms with E-state index in [0.717, 1.165) is 25.9 Å². The highest BCUT2D eigenvalue weighted by Crippen LogP contribution is 2.59. The fourth-order valence-corrected chi connectivity index (χ4v) is 3.50. The number of rotatable bonds is 0. The normalized spacial score (nSPS) is 36.2. The fraction of sp³-hybridized carbons (Fsp3) is 0.929. The number of likely N-dealkylation sites (tertiary alicyclic amines) is 1. The lowest BCUT2D eigenvalue weighted by atomic mass is 9.82. The number of nitrogens with two attached hydrogens (primary N) is 1. The van der Waals surface area contributed by atoms with Gasteiger partial charge in [-0.1, -0.05) is 0 Å². The van der Waals surface area contributed by atoms with Crippen LogP contribution < -0.4 is 5.73 Å². The van der Waals surface area contributed by atoms with E-state index in [2.05, 4.69) is 0 Å². The van der Waals surface area contributed by atoms with Crippen molar-refractivity contribution in [3.05, 3.63) is 0 Å². The van der Waals surface area contributed by atoms with Crippen molar-refractivity contribution in [2.24, 2.45) is 11.7 Å². The van der Waals surface area contributed by atoms with Gasteiger partial charge in [-0.15, -0.1) is 0 Å². The lowest BCUT2D eigenvalue weighted by Gasteiger charge is -2.43. The molecule has 1 spiro atoms. The topological polar surface area (TPSA) is 64.8 Å². The maximum atomic E-state index is 12.0. The zero-order valence-electron chi connectivity index (χ0n) is 12.1. The van der Waals surface area contributed by atoms with Crippen molar-refractivity contribution in [1.29, 1.82) is 0 Å². The molecule has 0 radical (unpaired) electrons. The maximum Gasteiger partial charge on any atom is 0.410 e. The van der Waals surface area contributed by atoms with Crippen molar-refractivity contribution in [3.63, 3.8) is 0 Å². The molecule has 2 saturated heterocycles. The number of carbonyl (C=O) groups excluding carboxylic acids is 1. The number of hydrogen-bond donors (Lipinski definition) is 1. The number of amides is 1. The van der Waals surface area contributed by atoms with E-state index in [9.17, 15) is 4.79 Å². The van der Waals surface area contributed by atoms with Gasteiger partial charge in [-0.2, -0.15) is 0 Å². The third kappa shape index (κ3) is 2.03. The summed E-state index contributed by atoms with van der Waals surface area (Å²) in [4.78, 5) is 13.8. The summed E-state index contributed by atoms with van der Waals surface area (Å²) in [5.74, 6) is 0.542. The Balaban J connectivity index is 1.60. The van der Waals surface area contributed by atoms with Crippen LogP contribution in [0.1, 0.15) is 40.0 Å². The van der Waals surface area contributed by atoms with Gasteiger partial charge in [-0.3, -0.25) is 0 Å². The predicted octanol–water partition coefficient (Wildman–Crippen LogP) is 1.50. The first-order valence-electron chi connectivity index (χ1n) is 7.17. The van der Waals surface area contributed by atoms with Crippen molar-refractivity contribution in [3.8, 4) is 0 Å². The summed E-state index contributed by atoms with van der Waals surface area (Å²) < 4.78 is 11.4. The largest absolute Gasteiger partial charge is 0.444 e. The molecule has 3 aliphatic rings. The zero-order chi connectivity index (χ0) is 13.9. The van der Waals surface area contributed by atoms with Gasteiger partial charge in [0.15, 0.2) is 0 Å². The van der Waals surface area contributed by atoms with Gasteiger partial charge >= 0.3 is 6.09 Å². The molecule has 19 heavy (non-hydrogen) atoms. The molecule has 0 bridgehead atoms. The van der Waals surface area contributed by atoms with Crippen molar-refractivity contribution in [2.75, 3.05) is 19.7 Å². The van der Waals surface area contributed by atoms with Crippen LogP contribution in [-0.4, -0.2) is 47.4 Å². The van der Waals surface area contributed by atoms with Gasteiger partial charge in [0.1, 0.15) is 5.60 Å². The number of fused-ring (bicyclic) bond motifs is 2. The second-order valence-corrected chi connectivity index (χ2v) is 7.21. The second kappa shape index (κ2) is 3.85. The molecule has 3 fully saturated rings. The molecule has 2 heterocycles. The van der Waals surface area contributed by atoms with Gasteiger partial charge in [0, 0.05) is 19.0 Å². The minimum atomic E-state index is -0.438. The van der Waals surface area contributed by atoms with Crippen LogP contribution in [0.3, 0.4) is 0 Å². The zero-order valence-corrected chi connectivity index (χ0v) is 12.1. The molecule has 1 saturated carbocycles. The van der Waals surface area contributed by atoms with Crippen molar-refractivity contribution in [2.45, 2.75) is 56.8 Å². The lowest BCUT2D eigenvalue weighted by Crippen LogP contribution is -2.57. The van der Waals surface area contributed by atoms with Gasteiger partial charge in [0.25, 0.3) is 0 Å². The highest BCUT2D eigenvalue weighted by atomic mass is 16.6. The Morgan fingerprint density at radius 1 is 1.37 bits per heavy atom. The average molecular weight is 268 g/mol. The van der Waals surface area contributed by atoms with Gasteiger partial charge in [-0.25, -0.2) is 4.79 Å². The molecule has 5 heteroatoms. The van der Waals surface area contributed by atoms with Crippen LogP contribution in [0.5, 0.6) is 0 Å². The molecular formula is C14H24N2O3. The van der Waals surface area contributed by atoms with E-state index in [4.69, 9.17) is 15.2 Å². The van der Waals surface area contributed by atoms with Crippen LogP contribution in [-0.2, 0) is 9.47 Å². The second-order valence-electron chi connectivity index (χ2n) is 7.21. The Morgan fingerprint density at radius 2 is 2.00 bits per heavy atom. The third-order valence-electron chi connectivity index (χ3n) is 4.78. The Kier molecular flexibility index (Phi) is 2.68. The molecule has 2 atom stereocenters. The quantitative estimate of drug-likeness (QED) is 0.723. The SMILES string of the molecule is CC(C)(C)OC(=O)N1CCC2(CC1)OCC1CC12N. The number of piperidine rings is 1. The van der Waals surface area contributed by atoms with Gasteiger partial charge < -0.3 is 20.1 Å². The van der Waals surface area contributed by atoms with E-state index in [1.54, 1.807) is 4.90 Å². The minimum Gasteiger partial charge on any atom is -0.444 e. The Hall–Kier alpha value is -0.810. The molecule has 2 aliphatic heterocycles. The Bertz CT molecular complexity index is 394. The van der Waals surface area contributed by atoms with E-state index in [1.165, 1.54) is 0 Å². The molecule has 2 N–H and O–H groups in total. The summed E-state index contributed by atoms with van der Waals surface area (Å²) in [6, 6.07) is 0. The van der Waals surface area contributed by atoms with Gasteiger partial charge in [-0.05, 0) is 40.0 Å².